The third kappa shape index (κ3) is 3.79. The first-order valence-corrected chi connectivity index (χ1v) is 11.5. The number of aryl methyl sites for hydroxylation is 2. The van der Waals surface area contributed by atoms with E-state index in [0.717, 1.165) is 30.0 Å². The number of nitrogens with zero attached hydrogens (tertiary/aromatic N) is 7. The molecule has 4 heterocycles. The molecule has 1 aliphatic heterocycles. The van der Waals surface area contributed by atoms with E-state index in [1.807, 2.05) is 26.4 Å². The van der Waals surface area contributed by atoms with Gasteiger partial charge in [0, 0.05) is 38.3 Å². The molecule has 3 aromatic rings. The molecule has 1 saturated carbocycles. The highest BCUT2D eigenvalue weighted by molar-refractivity contribution is 5.77. The fourth-order valence-corrected chi connectivity index (χ4v) is 4.86. The van der Waals surface area contributed by atoms with Crippen LogP contribution in [0.5, 0.6) is 0 Å². The van der Waals surface area contributed by atoms with Crippen molar-refractivity contribution < 1.29 is 4.74 Å². The molecule has 0 unspecified atom stereocenters. The Kier molecular flexibility index (Phi) is 5.44. The van der Waals surface area contributed by atoms with Crippen LogP contribution >= 0.6 is 0 Å². The van der Waals surface area contributed by atoms with Crippen LogP contribution in [-0.4, -0.2) is 49.0 Å². The summed E-state index contributed by atoms with van der Waals surface area (Å²) < 4.78 is 9.36. The molecular formula is C23H31N7O2. The Morgan fingerprint density at radius 1 is 1.06 bits per heavy atom. The van der Waals surface area contributed by atoms with Gasteiger partial charge in [0.25, 0.3) is 5.56 Å². The van der Waals surface area contributed by atoms with Gasteiger partial charge in [0.05, 0.1) is 25.0 Å². The molecule has 0 spiro atoms. The number of ether oxygens (including phenoxy) is 1. The fraction of sp³-hybridized carbons (Fsp3) is 0.609. The van der Waals surface area contributed by atoms with Gasteiger partial charge in [0.15, 0.2) is 5.52 Å². The summed E-state index contributed by atoms with van der Waals surface area (Å²) in [5.74, 6) is 2.34. The highest BCUT2D eigenvalue weighted by atomic mass is 16.5. The van der Waals surface area contributed by atoms with E-state index in [4.69, 9.17) is 19.7 Å². The molecule has 5 rings (SSSR count). The summed E-state index contributed by atoms with van der Waals surface area (Å²) >= 11 is 0. The van der Waals surface area contributed by atoms with Crippen LogP contribution < -0.4 is 10.5 Å². The Morgan fingerprint density at radius 2 is 1.84 bits per heavy atom. The molecule has 3 aromatic heterocycles. The monoisotopic (exact) mass is 437 g/mol. The highest BCUT2D eigenvalue weighted by Crippen LogP contribution is 2.37. The third-order valence-corrected chi connectivity index (χ3v) is 7.01. The fourth-order valence-electron chi connectivity index (χ4n) is 4.86. The Morgan fingerprint density at radius 3 is 2.56 bits per heavy atom. The smallest absolute Gasteiger partial charge is 0.279 e. The van der Waals surface area contributed by atoms with Crippen molar-refractivity contribution in [1.82, 2.24) is 29.3 Å². The Balaban J connectivity index is 1.57. The van der Waals surface area contributed by atoms with E-state index in [1.54, 1.807) is 16.3 Å². The van der Waals surface area contributed by atoms with Crippen LogP contribution in [0.15, 0.2) is 17.2 Å². The van der Waals surface area contributed by atoms with Crippen LogP contribution in [0.25, 0.3) is 11.0 Å². The summed E-state index contributed by atoms with van der Waals surface area (Å²) in [7, 11) is 3.65. The molecule has 0 radical (unpaired) electrons. The van der Waals surface area contributed by atoms with Crippen LogP contribution in [0.2, 0.25) is 0 Å². The predicted octanol–water partition coefficient (Wildman–Crippen LogP) is 2.64. The molecular weight excluding hydrogens is 406 g/mol. The minimum Gasteiger partial charge on any atom is -0.370 e. The molecule has 2 aliphatic rings. The molecule has 0 N–H and O–H groups in total. The first-order chi connectivity index (χ1) is 15.4. The lowest BCUT2D eigenvalue weighted by atomic mass is 9.81. The van der Waals surface area contributed by atoms with Crippen molar-refractivity contribution in [3.8, 4) is 0 Å². The number of morpholine rings is 1. The highest BCUT2D eigenvalue weighted by Gasteiger charge is 2.29. The molecule has 1 atom stereocenters. The molecule has 1 aliphatic carbocycles. The van der Waals surface area contributed by atoms with Crippen LogP contribution in [0.1, 0.15) is 61.7 Å². The lowest BCUT2D eigenvalue weighted by Gasteiger charge is -2.33. The second-order valence-electron chi connectivity index (χ2n) is 9.34. The quantitative estimate of drug-likeness (QED) is 0.622. The van der Waals surface area contributed by atoms with Crippen molar-refractivity contribution in [2.75, 3.05) is 24.6 Å². The van der Waals surface area contributed by atoms with Gasteiger partial charge in [-0.05, 0) is 25.7 Å². The molecule has 2 fully saturated rings. The molecule has 0 bridgehead atoms. The number of rotatable bonds is 3. The van der Waals surface area contributed by atoms with Gasteiger partial charge in [-0.2, -0.15) is 5.10 Å². The maximum absolute atomic E-state index is 13.1. The largest absolute Gasteiger partial charge is 0.370 e. The average molecular weight is 438 g/mol. The second-order valence-corrected chi connectivity index (χ2v) is 9.34. The first-order valence-electron chi connectivity index (χ1n) is 11.5. The lowest BCUT2D eigenvalue weighted by molar-refractivity contribution is 0.0392. The summed E-state index contributed by atoms with van der Waals surface area (Å²) in [5.41, 5.74) is 2.94. The third-order valence-electron chi connectivity index (χ3n) is 7.01. The van der Waals surface area contributed by atoms with Gasteiger partial charge in [-0.25, -0.2) is 15.0 Å². The Labute approximate surface area is 187 Å². The average Bonchev–Trinajstić information content (AvgIpc) is 3.24. The zero-order valence-corrected chi connectivity index (χ0v) is 19.3. The van der Waals surface area contributed by atoms with Crippen molar-refractivity contribution in [3.63, 3.8) is 0 Å². The van der Waals surface area contributed by atoms with Crippen LogP contribution in [0.3, 0.4) is 0 Å². The topological polar surface area (TPSA) is 91.0 Å². The van der Waals surface area contributed by atoms with Crippen molar-refractivity contribution in [1.29, 1.82) is 0 Å². The number of aromatic nitrogens is 6. The Bertz CT molecular complexity index is 1190. The normalized spacial score (nSPS) is 24.2. The van der Waals surface area contributed by atoms with Gasteiger partial charge in [-0.15, -0.1) is 0 Å². The first kappa shape index (κ1) is 21.1. The van der Waals surface area contributed by atoms with E-state index in [2.05, 4.69) is 16.9 Å². The van der Waals surface area contributed by atoms with Gasteiger partial charge in [-0.3, -0.25) is 14.0 Å². The van der Waals surface area contributed by atoms with Gasteiger partial charge in [-0.1, -0.05) is 19.8 Å². The number of hydrogen-bond donors (Lipinski definition) is 0. The standard InChI is InChI=1S/C23H31N7O2/c1-14-5-7-16(8-6-14)19-20-21(22(31)29(4)15(2)25-20)27-23(26-19)30-9-10-32-18(13-30)17-11-24-28(3)12-17/h11-12,14,16,18H,5-10,13H2,1-4H3/t14-,16-,18-/m1/s1. The molecule has 9 heteroatoms. The SMILES string of the molecule is Cc1nc2c(nc(N3CCO[C@@H](c4cnn(C)c4)C3)nc2[C@H]2CC[C@H](C)CC2)c(=O)n1C. The second kappa shape index (κ2) is 8.27. The minimum absolute atomic E-state index is 0.102. The molecule has 0 aromatic carbocycles. The van der Waals surface area contributed by atoms with Crippen LogP contribution in [0, 0.1) is 12.8 Å². The number of fused-ring (bicyclic) bond motifs is 1. The summed E-state index contributed by atoms with van der Waals surface area (Å²) in [6, 6.07) is 0. The van der Waals surface area contributed by atoms with Crippen molar-refractivity contribution in [2.45, 2.75) is 51.6 Å². The van der Waals surface area contributed by atoms with E-state index in [1.165, 1.54) is 12.8 Å². The van der Waals surface area contributed by atoms with Crippen LogP contribution in [0.4, 0.5) is 5.95 Å². The zero-order chi connectivity index (χ0) is 22.4. The van der Waals surface area contributed by atoms with E-state index in [9.17, 15) is 4.79 Å². The maximum atomic E-state index is 13.1. The summed E-state index contributed by atoms with van der Waals surface area (Å²) in [4.78, 5) is 29.8. The van der Waals surface area contributed by atoms with Crippen LogP contribution in [-0.2, 0) is 18.8 Å². The summed E-state index contributed by atoms with van der Waals surface area (Å²) in [6.45, 7) is 6.05. The van der Waals surface area contributed by atoms with Gasteiger partial charge in [0.2, 0.25) is 5.95 Å². The van der Waals surface area contributed by atoms with E-state index in [0.29, 0.717) is 48.4 Å². The molecule has 1 saturated heterocycles. The van der Waals surface area contributed by atoms with E-state index in [-0.39, 0.29) is 11.7 Å². The molecule has 9 nitrogen and oxygen atoms in total. The minimum atomic E-state index is -0.112. The van der Waals surface area contributed by atoms with Crippen molar-refractivity contribution in [3.05, 3.63) is 39.8 Å². The molecule has 0 amide bonds. The van der Waals surface area contributed by atoms with Crippen molar-refractivity contribution >= 4 is 17.0 Å². The zero-order valence-electron chi connectivity index (χ0n) is 19.3. The van der Waals surface area contributed by atoms with E-state index >= 15 is 0 Å². The summed E-state index contributed by atoms with van der Waals surface area (Å²) in [6.07, 6.45) is 8.22. The number of hydrogen-bond acceptors (Lipinski definition) is 7. The molecule has 32 heavy (non-hydrogen) atoms. The van der Waals surface area contributed by atoms with Crippen molar-refractivity contribution in [2.24, 2.45) is 20.0 Å². The van der Waals surface area contributed by atoms with Gasteiger partial charge >= 0.3 is 0 Å². The maximum Gasteiger partial charge on any atom is 0.279 e. The van der Waals surface area contributed by atoms with E-state index < -0.39 is 0 Å². The van der Waals surface area contributed by atoms with Gasteiger partial charge < -0.3 is 9.64 Å². The summed E-state index contributed by atoms with van der Waals surface area (Å²) in [5, 5.41) is 4.28. The molecule has 170 valence electrons. The predicted molar refractivity (Wildman–Crippen MR) is 122 cm³/mol. The van der Waals surface area contributed by atoms with Gasteiger partial charge in [0.1, 0.15) is 17.4 Å². The Hall–Kier alpha value is -2.81. The lowest BCUT2D eigenvalue weighted by Crippen LogP contribution is -2.39. The number of anilines is 1.